The maximum Gasteiger partial charge on any atom is 0.433 e. The lowest BCUT2D eigenvalue weighted by Gasteiger charge is -2.12. The van der Waals surface area contributed by atoms with E-state index in [0.29, 0.717) is 28.1 Å². The normalized spacial score (nSPS) is 11.8. The molecular weight excluding hydrogens is 414 g/mol. The van der Waals surface area contributed by atoms with Crippen molar-refractivity contribution in [2.75, 3.05) is 14.2 Å². The van der Waals surface area contributed by atoms with Crippen molar-refractivity contribution in [1.29, 1.82) is 0 Å². The van der Waals surface area contributed by atoms with Crippen LogP contribution in [0.3, 0.4) is 0 Å². The molecule has 2 aromatic heterocycles. The van der Waals surface area contributed by atoms with Crippen LogP contribution in [0.4, 0.5) is 17.6 Å². The van der Waals surface area contributed by atoms with Gasteiger partial charge in [0.15, 0.2) is 11.3 Å². The predicted molar refractivity (Wildman–Crippen MR) is 106 cm³/mol. The Balaban J connectivity index is 2.03. The molecule has 9 heteroatoms. The van der Waals surface area contributed by atoms with Gasteiger partial charge in [0.25, 0.3) is 0 Å². The fourth-order valence-electron chi connectivity index (χ4n) is 3.32. The molecule has 0 saturated heterocycles. The van der Waals surface area contributed by atoms with Gasteiger partial charge >= 0.3 is 6.18 Å². The molecule has 0 saturated carbocycles. The van der Waals surface area contributed by atoms with Crippen LogP contribution in [-0.4, -0.2) is 28.8 Å². The maximum absolute atomic E-state index is 13.9. The van der Waals surface area contributed by atoms with E-state index in [2.05, 4.69) is 10.1 Å². The van der Waals surface area contributed by atoms with Crippen molar-refractivity contribution < 1.29 is 27.0 Å². The van der Waals surface area contributed by atoms with Crippen molar-refractivity contribution in [1.82, 2.24) is 14.6 Å². The van der Waals surface area contributed by atoms with Crippen LogP contribution in [0.1, 0.15) is 11.4 Å². The van der Waals surface area contributed by atoms with Crippen molar-refractivity contribution >= 4 is 5.65 Å². The highest BCUT2D eigenvalue weighted by Gasteiger charge is 2.36. The maximum atomic E-state index is 13.9. The molecule has 0 spiro atoms. The van der Waals surface area contributed by atoms with E-state index in [1.807, 2.05) is 0 Å². The highest BCUT2D eigenvalue weighted by Crippen LogP contribution is 2.36. The van der Waals surface area contributed by atoms with Crippen LogP contribution in [-0.2, 0) is 17.5 Å². The monoisotopic (exact) mass is 431 g/mol. The van der Waals surface area contributed by atoms with Crippen LogP contribution in [0, 0.1) is 5.82 Å². The Kier molecular flexibility index (Phi) is 5.36. The van der Waals surface area contributed by atoms with E-state index in [-0.39, 0.29) is 17.9 Å². The lowest BCUT2D eigenvalue weighted by atomic mass is 10.1. The van der Waals surface area contributed by atoms with Crippen molar-refractivity contribution in [3.05, 3.63) is 71.8 Å². The minimum absolute atomic E-state index is 0.00605. The summed E-state index contributed by atoms with van der Waals surface area (Å²) in [4.78, 5) is 4.46. The Morgan fingerprint density at radius 1 is 0.935 bits per heavy atom. The zero-order valence-electron chi connectivity index (χ0n) is 16.6. The second-order valence-corrected chi connectivity index (χ2v) is 6.75. The Morgan fingerprint density at radius 2 is 1.58 bits per heavy atom. The van der Waals surface area contributed by atoms with E-state index < -0.39 is 17.7 Å². The van der Waals surface area contributed by atoms with Gasteiger partial charge in [0.1, 0.15) is 11.6 Å². The molecule has 5 nitrogen and oxygen atoms in total. The molecule has 0 aliphatic rings. The fraction of sp³-hybridized carbons (Fsp3) is 0.182. The van der Waals surface area contributed by atoms with Crippen LogP contribution in [0.2, 0.25) is 0 Å². The summed E-state index contributed by atoms with van der Waals surface area (Å²) in [5.41, 5.74) is 0.768. The van der Waals surface area contributed by atoms with Gasteiger partial charge in [-0.15, -0.1) is 0 Å². The highest BCUT2D eigenvalue weighted by atomic mass is 19.4. The molecule has 2 heterocycles. The van der Waals surface area contributed by atoms with Crippen LogP contribution >= 0.6 is 0 Å². The third kappa shape index (κ3) is 3.96. The second kappa shape index (κ2) is 7.99. The molecule has 4 rings (SSSR count). The Labute approximate surface area is 174 Å². The van der Waals surface area contributed by atoms with Crippen LogP contribution in [0.15, 0.2) is 54.6 Å². The number of fused-ring (bicyclic) bond motifs is 1. The Morgan fingerprint density at radius 3 is 2.16 bits per heavy atom. The summed E-state index contributed by atoms with van der Waals surface area (Å²) in [5, 5.41) is 4.15. The number of benzene rings is 2. The number of ether oxygens (including phenoxy) is 2. The molecule has 0 aliphatic heterocycles. The average Bonchev–Trinajstić information content (AvgIpc) is 3.11. The fourth-order valence-corrected chi connectivity index (χ4v) is 3.32. The smallest absolute Gasteiger partial charge is 0.433 e. The first kappa shape index (κ1) is 20.8. The molecule has 0 bridgehead atoms. The SMILES string of the molecule is COCc1nn2c(C(F)(F)F)cc(-c3ccc(F)cc3)nc2c1-c1ccc(OC)cc1. The van der Waals surface area contributed by atoms with E-state index in [1.54, 1.807) is 24.3 Å². The standard InChI is InChI=1S/C22H17F4N3O2/c1-30-12-18-20(14-5-9-16(31-2)10-6-14)21-27-17(13-3-7-15(23)8-4-13)11-19(22(24,25)26)29(21)28-18/h3-11H,12H2,1-2H3. The summed E-state index contributed by atoms with van der Waals surface area (Å²) in [5.74, 6) is 0.107. The third-order valence-corrected chi connectivity index (χ3v) is 4.75. The van der Waals surface area contributed by atoms with Gasteiger partial charge in [0.2, 0.25) is 0 Å². The molecule has 0 aliphatic carbocycles. The van der Waals surface area contributed by atoms with Crippen molar-refractivity contribution in [2.24, 2.45) is 0 Å². The number of rotatable bonds is 5. The van der Waals surface area contributed by atoms with Crippen LogP contribution in [0.25, 0.3) is 28.0 Å². The number of methoxy groups -OCH3 is 2. The molecule has 2 aromatic carbocycles. The van der Waals surface area contributed by atoms with E-state index in [0.717, 1.165) is 10.6 Å². The molecule has 0 N–H and O–H groups in total. The second-order valence-electron chi connectivity index (χ2n) is 6.75. The van der Waals surface area contributed by atoms with Gasteiger partial charge in [0.05, 0.1) is 30.7 Å². The number of hydrogen-bond donors (Lipinski definition) is 0. The average molecular weight is 431 g/mol. The molecule has 0 atom stereocenters. The quantitative estimate of drug-likeness (QED) is 0.399. The lowest BCUT2D eigenvalue weighted by Crippen LogP contribution is -2.14. The summed E-state index contributed by atoms with van der Waals surface area (Å²) in [6.07, 6.45) is -4.69. The summed E-state index contributed by atoms with van der Waals surface area (Å²) in [6.45, 7) is -0.00605. The number of hydrogen-bond acceptors (Lipinski definition) is 4. The summed E-state index contributed by atoms with van der Waals surface area (Å²) >= 11 is 0. The Bertz CT molecular complexity index is 1220. The molecule has 4 aromatic rings. The van der Waals surface area contributed by atoms with Gasteiger partial charge < -0.3 is 9.47 Å². The molecule has 0 unspecified atom stereocenters. The lowest BCUT2D eigenvalue weighted by molar-refractivity contribution is -0.142. The van der Waals surface area contributed by atoms with Gasteiger partial charge in [-0.3, -0.25) is 0 Å². The van der Waals surface area contributed by atoms with Gasteiger partial charge in [0, 0.05) is 12.7 Å². The summed E-state index contributed by atoms with van der Waals surface area (Å²) in [7, 11) is 2.96. The van der Waals surface area contributed by atoms with E-state index in [1.165, 1.54) is 38.5 Å². The van der Waals surface area contributed by atoms with Crippen LogP contribution < -0.4 is 4.74 Å². The van der Waals surface area contributed by atoms with E-state index in [9.17, 15) is 17.6 Å². The first-order valence-corrected chi connectivity index (χ1v) is 9.21. The molecule has 0 fully saturated rings. The highest BCUT2D eigenvalue weighted by molar-refractivity contribution is 5.82. The van der Waals surface area contributed by atoms with Gasteiger partial charge in [-0.05, 0) is 48.0 Å². The predicted octanol–water partition coefficient (Wildman–Crippen LogP) is 5.38. The first-order valence-electron chi connectivity index (χ1n) is 9.21. The van der Waals surface area contributed by atoms with Gasteiger partial charge in [-0.25, -0.2) is 13.9 Å². The zero-order valence-corrected chi connectivity index (χ0v) is 16.6. The minimum Gasteiger partial charge on any atom is -0.497 e. The van der Waals surface area contributed by atoms with Gasteiger partial charge in [-0.1, -0.05) is 12.1 Å². The van der Waals surface area contributed by atoms with E-state index in [4.69, 9.17) is 9.47 Å². The molecular formula is C22H17F4N3O2. The van der Waals surface area contributed by atoms with Crippen molar-refractivity contribution in [3.8, 4) is 28.1 Å². The van der Waals surface area contributed by atoms with Gasteiger partial charge in [-0.2, -0.15) is 18.3 Å². The number of alkyl halides is 3. The summed E-state index contributed by atoms with van der Waals surface area (Å²) < 4.78 is 66.2. The third-order valence-electron chi connectivity index (χ3n) is 4.75. The summed E-state index contributed by atoms with van der Waals surface area (Å²) in [6, 6.07) is 12.8. The molecule has 31 heavy (non-hydrogen) atoms. The molecule has 0 radical (unpaired) electrons. The van der Waals surface area contributed by atoms with Crippen molar-refractivity contribution in [2.45, 2.75) is 12.8 Å². The number of halogens is 4. The van der Waals surface area contributed by atoms with E-state index >= 15 is 0 Å². The zero-order chi connectivity index (χ0) is 22.2. The topological polar surface area (TPSA) is 48.7 Å². The van der Waals surface area contributed by atoms with Crippen molar-refractivity contribution in [3.63, 3.8) is 0 Å². The molecule has 160 valence electrons. The number of nitrogens with zero attached hydrogens (tertiary/aromatic N) is 3. The Hall–Kier alpha value is -3.46. The number of aromatic nitrogens is 3. The largest absolute Gasteiger partial charge is 0.497 e. The first-order chi connectivity index (χ1) is 14.8. The van der Waals surface area contributed by atoms with Crippen LogP contribution in [0.5, 0.6) is 5.75 Å². The minimum atomic E-state index is -4.69. The molecule has 0 amide bonds.